The minimum Gasteiger partial charge on any atom is -0.298 e. The molecular formula is C23H22FNO2S. The fourth-order valence-electron chi connectivity index (χ4n) is 3.53. The van der Waals surface area contributed by atoms with Crippen LogP contribution < -0.4 is 0 Å². The first-order valence-electron chi connectivity index (χ1n) is 9.58. The zero-order valence-corrected chi connectivity index (χ0v) is 16.8. The van der Waals surface area contributed by atoms with Gasteiger partial charge in [0.15, 0.2) is 11.6 Å². The maximum absolute atomic E-state index is 13.1. The van der Waals surface area contributed by atoms with E-state index in [1.165, 1.54) is 29.0 Å². The number of hydrogen-bond acceptors (Lipinski definition) is 4. The molecule has 1 heterocycles. The topological polar surface area (TPSA) is 47.0 Å². The molecule has 3 nitrogen and oxygen atoms in total. The Bertz CT molecular complexity index is 1050. The summed E-state index contributed by atoms with van der Waals surface area (Å²) in [5.74, 6) is 0.00957. The average molecular weight is 395 g/mol. The third kappa shape index (κ3) is 3.63. The van der Waals surface area contributed by atoms with Gasteiger partial charge in [-0.15, -0.1) is 11.3 Å². The van der Waals surface area contributed by atoms with E-state index in [1.54, 1.807) is 12.1 Å². The minimum atomic E-state index is -0.866. The van der Waals surface area contributed by atoms with Gasteiger partial charge < -0.3 is 0 Å². The van der Waals surface area contributed by atoms with E-state index >= 15 is 0 Å². The van der Waals surface area contributed by atoms with Crippen LogP contribution in [0.2, 0.25) is 0 Å². The Morgan fingerprint density at radius 1 is 1.07 bits per heavy atom. The minimum absolute atomic E-state index is 0.0391. The number of thiazole rings is 1. The molecule has 0 unspecified atom stereocenters. The van der Waals surface area contributed by atoms with E-state index < -0.39 is 5.41 Å². The summed E-state index contributed by atoms with van der Waals surface area (Å²) in [6, 6.07) is 12.1. The molecule has 0 atom stereocenters. The molecule has 0 spiro atoms. The van der Waals surface area contributed by atoms with E-state index in [-0.39, 0.29) is 30.2 Å². The molecule has 1 aromatic heterocycles. The molecule has 0 radical (unpaired) electrons. The number of carbonyl (C=O) groups is 2. The van der Waals surface area contributed by atoms with Crippen molar-refractivity contribution in [2.24, 2.45) is 5.41 Å². The summed E-state index contributed by atoms with van der Waals surface area (Å²) < 4.78 is 14.1. The third-order valence-corrected chi connectivity index (χ3v) is 6.55. The first-order valence-corrected chi connectivity index (χ1v) is 10.4. The molecule has 1 aliphatic carbocycles. The van der Waals surface area contributed by atoms with E-state index in [2.05, 4.69) is 31.0 Å². The largest absolute Gasteiger partial charge is 0.298 e. The second-order valence-corrected chi connectivity index (χ2v) is 9.01. The zero-order chi connectivity index (χ0) is 19.9. The van der Waals surface area contributed by atoms with Crippen molar-refractivity contribution in [3.8, 4) is 0 Å². The van der Waals surface area contributed by atoms with Crippen molar-refractivity contribution in [3.63, 3.8) is 0 Å². The molecule has 0 N–H and O–H groups in total. The van der Waals surface area contributed by atoms with Crippen LogP contribution in [0.3, 0.4) is 0 Å². The highest BCUT2D eigenvalue weighted by atomic mass is 32.1. The summed E-state index contributed by atoms with van der Waals surface area (Å²) in [7, 11) is 0. The Hall–Kier alpha value is -2.40. The van der Waals surface area contributed by atoms with Gasteiger partial charge in [-0.3, -0.25) is 9.59 Å². The van der Waals surface area contributed by atoms with Crippen molar-refractivity contribution in [2.45, 2.75) is 45.4 Å². The molecule has 4 rings (SSSR count). The molecule has 1 aliphatic rings. The van der Waals surface area contributed by atoms with Gasteiger partial charge in [-0.05, 0) is 54.2 Å². The summed E-state index contributed by atoms with van der Waals surface area (Å²) in [5, 5.41) is 0.766. The van der Waals surface area contributed by atoms with Crippen molar-refractivity contribution in [1.82, 2.24) is 4.98 Å². The molecule has 28 heavy (non-hydrogen) atoms. The second-order valence-electron chi connectivity index (χ2n) is 7.90. The lowest BCUT2D eigenvalue weighted by atomic mass is 9.89. The highest BCUT2D eigenvalue weighted by Gasteiger charge is 2.54. The molecule has 5 heteroatoms. The van der Waals surface area contributed by atoms with Crippen LogP contribution in [0.4, 0.5) is 4.39 Å². The van der Waals surface area contributed by atoms with E-state index in [4.69, 9.17) is 0 Å². The number of rotatable bonds is 7. The molecule has 144 valence electrons. The smallest absolute Gasteiger partial charge is 0.153 e. The third-order valence-electron chi connectivity index (χ3n) is 5.53. The van der Waals surface area contributed by atoms with Crippen molar-refractivity contribution in [2.75, 3.05) is 0 Å². The normalized spacial score (nSPS) is 15.1. The van der Waals surface area contributed by atoms with E-state index in [0.717, 1.165) is 20.8 Å². The zero-order valence-electron chi connectivity index (χ0n) is 16.0. The lowest BCUT2D eigenvalue weighted by molar-refractivity contribution is -0.133. The fourth-order valence-corrected chi connectivity index (χ4v) is 4.54. The monoisotopic (exact) mass is 395 g/mol. The molecular weight excluding hydrogens is 373 g/mol. The Balaban J connectivity index is 1.48. The maximum atomic E-state index is 13.1. The van der Waals surface area contributed by atoms with Gasteiger partial charge in [-0.2, -0.15) is 0 Å². The van der Waals surface area contributed by atoms with Crippen molar-refractivity contribution in [3.05, 3.63) is 64.4 Å². The summed E-state index contributed by atoms with van der Waals surface area (Å²) >= 11 is 1.53. The Kier molecular flexibility index (Phi) is 4.88. The molecule has 0 aliphatic heterocycles. The number of fused-ring (bicyclic) bond motifs is 1. The molecule has 1 saturated carbocycles. The predicted octanol–water partition coefficient (Wildman–Crippen LogP) is 5.26. The highest BCUT2D eigenvalue weighted by Crippen LogP contribution is 2.49. The molecule has 2 aromatic carbocycles. The van der Waals surface area contributed by atoms with Crippen molar-refractivity contribution >= 4 is 33.1 Å². The van der Waals surface area contributed by atoms with E-state index in [9.17, 15) is 14.0 Å². The predicted molar refractivity (Wildman–Crippen MR) is 109 cm³/mol. The quantitative estimate of drug-likeness (QED) is 0.513. The average Bonchev–Trinajstić information content (AvgIpc) is 3.38. The number of hydrogen-bond donors (Lipinski definition) is 0. The maximum Gasteiger partial charge on any atom is 0.153 e. The first-order chi connectivity index (χ1) is 13.4. The number of nitrogens with zero attached hydrogens (tertiary/aromatic N) is 1. The molecule has 1 fully saturated rings. The van der Waals surface area contributed by atoms with Gasteiger partial charge in [0.05, 0.1) is 22.1 Å². The molecule has 0 saturated heterocycles. The molecule has 0 bridgehead atoms. The van der Waals surface area contributed by atoms with Gasteiger partial charge in [-0.25, -0.2) is 9.37 Å². The first kappa shape index (κ1) is 18.9. The van der Waals surface area contributed by atoms with Crippen LogP contribution in [0, 0.1) is 11.2 Å². The summed E-state index contributed by atoms with van der Waals surface area (Å²) in [6.07, 6.45) is 1.58. The molecule has 3 aromatic rings. The van der Waals surface area contributed by atoms with Crippen molar-refractivity contribution in [1.29, 1.82) is 0 Å². The molecule has 0 amide bonds. The van der Waals surface area contributed by atoms with Crippen LogP contribution in [0.25, 0.3) is 10.2 Å². The SMILES string of the molecule is CC(C)c1ccc2nc(CC(=O)C3(C(=O)Cc4ccc(F)cc4)CC3)sc2c1. The second kappa shape index (κ2) is 7.21. The van der Waals surface area contributed by atoms with Gasteiger partial charge in [-0.1, -0.05) is 32.0 Å². The standard InChI is InChI=1S/C23H22FNO2S/c1-14(2)16-5-8-18-19(12-16)28-22(25-18)13-21(27)23(9-10-23)20(26)11-15-3-6-17(24)7-4-15/h3-8,12,14H,9-11,13H2,1-2H3. The number of halogens is 1. The number of carbonyl (C=O) groups excluding carboxylic acids is 2. The number of Topliss-reactive ketones (excluding diaryl/α,β-unsaturated/α-hetero) is 2. The van der Waals surface area contributed by atoms with Gasteiger partial charge in [0.1, 0.15) is 10.8 Å². The summed E-state index contributed by atoms with van der Waals surface area (Å²) in [4.78, 5) is 30.3. The number of aromatic nitrogens is 1. The van der Waals surface area contributed by atoms with Crippen LogP contribution in [0.1, 0.15) is 48.7 Å². The Labute approximate surface area is 167 Å². The lowest BCUT2D eigenvalue weighted by Gasteiger charge is -2.12. The summed E-state index contributed by atoms with van der Waals surface area (Å²) in [6.45, 7) is 4.30. The highest BCUT2D eigenvalue weighted by molar-refractivity contribution is 7.18. The van der Waals surface area contributed by atoms with Gasteiger partial charge in [0, 0.05) is 6.42 Å². The number of benzene rings is 2. The van der Waals surface area contributed by atoms with Crippen LogP contribution in [0.5, 0.6) is 0 Å². The fraction of sp³-hybridized carbons (Fsp3) is 0.348. The van der Waals surface area contributed by atoms with Gasteiger partial charge in [0.2, 0.25) is 0 Å². The van der Waals surface area contributed by atoms with Crippen LogP contribution in [-0.2, 0) is 22.4 Å². The van der Waals surface area contributed by atoms with Crippen LogP contribution in [0.15, 0.2) is 42.5 Å². The van der Waals surface area contributed by atoms with Gasteiger partial charge >= 0.3 is 0 Å². The summed E-state index contributed by atoms with van der Waals surface area (Å²) in [5.41, 5.74) is 2.03. The number of ketones is 2. The van der Waals surface area contributed by atoms with E-state index in [0.29, 0.717) is 18.8 Å². The van der Waals surface area contributed by atoms with Crippen LogP contribution >= 0.6 is 11.3 Å². The Morgan fingerprint density at radius 3 is 2.39 bits per heavy atom. The van der Waals surface area contributed by atoms with Gasteiger partial charge in [0.25, 0.3) is 0 Å². The van der Waals surface area contributed by atoms with Crippen molar-refractivity contribution < 1.29 is 14.0 Å². The lowest BCUT2D eigenvalue weighted by Crippen LogP contribution is -2.28. The Morgan fingerprint density at radius 2 is 1.75 bits per heavy atom. The van der Waals surface area contributed by atoms with Crippen LogP contribution in [-0.4, -0.2) is 16.6 Å². The van der Waals surface area contributed by atoms with E-state index in [1.807, 2.05) is 6.07 Å².